The van der Waals surface area contributed by atoms with Crippen molar-refractivity contribution >= 4 is 0 Å². The van der Waals surface area contributed by atoms with Gasteiger partial charge in [0.25, 0.3) is 0 Å². The minimum absolute atomic E-state index is 0.149. The fourth-order valence-corrected chi connectivity index (χ4v) is 3.10. The maximum atomic E-state index is 9.58. The van der Waals surface area contributed by atoms with Crippen LogP contribution in [0.25, 0.3) is 0 Å². The Hall–Kier alpha value is -0.860. The van der Waals surface area contributed by atoms with Crippen LogP contribution in [0.2, 0.25) is 0 Å². The van der Waals surface area contributed by atoms with Gasteiger partial charge in [-0.1, -0.05) is 31.0 Å². The Balaban J connectivity index is 1.92. The van der Waals surface area contributed by atoms with Crippen LogP contribution in [0.5, 0.6) is 0 Å². The molecular formula is C16H25NO. The molecule has 100 valence electrons. The van der Waals surface area contributed by atoms with Crippen LogP contribution in [-0.4, -0.2) is 18.3 Å². The first-order valence-corrected chi connectivity index (χ1v) is 7.04. The third-order valence-electron chi connectivity index (χ3n) is 4.45. The Morgan fingerprint density at radius 1 is 1.17 bits per heavy atom. The van der Waals surface area contributed by atoms with Crippen molar-refractivity contribution < 1.29 is 5.11 Å². The Kier molecular flexibility index (Phi) is 4.41. The van der Waals surface area contributed by atoms with Gasteiger partial charge in [-0.3, -0.25) is 0 Å². The van der Waals surface area contributed by atoms with Crippen molar-refractivity contribution in [3.63, 3.8) is 0 Å². The molecule has 2 rings (SSSR count). The molecule has 0 saturated heterocycles. The van der Waals surface area contributed by atoms with Gasteiger partial charge in [-0.2, -0.15) is 0 Å². The fraction of sp³-hybridized carbons (Fsp3) is 0.625. The number of aliphatic hydroxyl groups excluding tert-OH is 1. The number of aliphatic hydroxyl groups is 1. The van der Waals surface area contributed by atoms with Gasteiger partial charge in [0.05, 0.1) is 0 Å². The van der Waals surface area contributed by atoms with Crippen LogP contribution >= 0.6 is 0 Å². The first-order chi connectivity index (χ1) is 8.67. The van der Waals surface area contributed by atoms with E-state index in [2.05, 4.69) is 37.4 Å². The van der Waals surface area contributed by atoms with Gasteiger partial charge in [-0.25, -0.2) is 0 Å². The van der Waals surface area contributed by atoms with Crippen LogP contribution in [0, 0.1) is 19.3 Å². The molecule has 0 amide bonds. The third-order valence-corrected chi connectivity index (χ3v) is 4.45. The third kappa shape index (κ3) is 2.93. The summed E-state index contributed by atoms with van der Waals surface area (Å²) in [5, 5.41) is 13.1. The van der Waals surface area contributed by atoms with Crippen LogP contribution in [0.3, 0.4) is 0 Å². The molecule has 1 aromatic rings. The van der Waals surface area contributed by atoms with E-state index in [4.69, 9.17) is 0 Å². The number of hydrogen-bond acceptors (Lipinski definition) is 2. The van der Waals surface area contributed by atoms with E-state index in [-0.39, 0.29) is 5.41 Å². The summed E-state index contributed by atoms with van der Waals surface area (Å²) in [6.45, 7) is 6.52. The molecule has 0 atom stereocenters. The van der Waals surface area contributed by atoms with Gasteiger partial charge in [0.1, 0.15) is 0 Å². The second-order valence-corrected chi connectivity index (χ2v) is 5.84. The van der Waals surface area contributed by atoms with Gasteiger partial charge >= 0.3 is 0 Å². The smallest absolute Gasteiger partial charge is 0.0499 e. The molecule has 0 aromatic heterocycles. The molecule has 0 unspecified atom stereocenters. The highest BCUT2D eigenvalue weighted by Gasteiger charge is 2.32. The Morgan fingerprint density at radius 2 is 1.78 bits per heavy atom. The van der Waals surface area contributed by atoms with Crippen LogP contribution in [0.4, 0.5) is 0 Å². The number of hydrogen-bond donors (Lipinski definition) is 2. The van der Waals surface area contributed by atoms with Crippen molar-refractivity contribution in [2.45, 2.75) is 46.1 Å². The maximum absolute atomic E-state index is 9.58. The Labute approximate surface area is 110 Å². The molecule has 2 heteroatoms. The van der Waals surface area contributed by atoms with Gasteiger partial charge in [0.15, 0.2) is 0 Å². The van der Waals surface area contributed by atoms with Crippen LogP contribution < -0.4 is 5.32 Å². The summed E-state index contributed by atoms with van der Waals surface area (Å²) in [4.78, 5) is 0. The lowest BCUT2D eigenvalue weighted by atomic mass is 9.87. The summed E-state index contributed by atoms with van der Waals surface area (Å²) in [6.07, 6.45) is 4.88. The van der Waals surface area contributed by atoms with E-state index in [9.17, 15) is 5.11 Å². The van der Waals surface area contributed by atoms with E-state index in [1.807, 2.05) is 0 Å². The first kappa shape index (κ1) is 13.6. The summed E-state index contributed by atoms with van der Waals surface area (Å²) < 4.78 is 0. The fourth-order valence-electron chi connectivity index (χ4n) is 3.10. The van der Waals surface area contributed by atoms with Crippen molar-refractivity contribution in [3.8, 4) is 0 Å². The van der Waals surface area contributed by atoms with E-state index < -0.39 is 0 Å². The van der Waals surface area contributed by atoms with Gasteiger partial charge in [0.2, 0.25) is 0 Å². The van der Waals surface area contributed by atoms with Crippen molar-refractivity contribution in [1.82, 2.24) is 5.32 Å². The molecule has 1 aromatic carbocycles. The second kappa shape index (κ2) is 5.85. The molecule has 0 radical (unpaired) electrons. The molecule has 0 heterocycles. The molecule has 1 saturated carbocycles. The van der Waals surface area contributed by atoms with E-state index >= 15 is 0 Å². The predicted octanol–water partition coefficient (Wildman–Crippen LogP) is 2.95. The van der Waals surface area contributed by atoms with Crippen molar-refractivity contribution in [2.75, 3.05) is 13.2 Å². The van der Waals surface area contributed by atoms with Crippen LogP contribution in [-0.2, 0) is 6.54 Å². The lowest BCUT2D eigenvalue weighted by Gasteiger charge is -2.27. The van der Waals surface area contributed by atoms with E-state index in [0.29, 0.717) is 6.61 Å². The zero-order chi connectivity index (χ0) is 13.0. The molecule has 0 bridgehead atoms. The maximum Gasteiger partial charge on any atom is 0.0499 e. The molecule has 0 spiro atoms. The van der Waals surface area contributed by atoms with E-state index in [1.165, 1.54) is 42.4 Å². The summed E-state index contributed by atoms with van der Waals surface area (Å²) in [6, 6.07) is 6.45. The van der Waals surface area contributed by atoms with Crippen LogP contribution in [0.15, 0.2) is 18.2 Å². The van der Waals surface area contributed by atoms with Crippen LogP contribution in [0.1, 0.15) is 42.4 Å². The average molecular weight is 247 g/mol. The molecular weight excluding hydrogens is 222 g/mol. The topological polar surface area (TPSA) is 32.3 Å². The SMILES string of the molecule is Cc1cccc(C)c1CNCC1(CO)CCCC1. The van der Waals surface area contributed by atoms with E-state index in [1.54, 1.807) is 0 Å². The van der Waals surface area contributed by atoms with E-state index in [0.717, 1.165) is 13.1 Å². The minimum atomic E-state index is 0.149. The zero-order valence-electron chi connectivity index (χ0n) is 11.6. The Morgan fingerprint density at radius 3 is 2.33 bits per heavy atom. The normalized spacial score (nSPS) is 18.2. The lowest BCUT2D eigenvalue weighted by Crippen LogP contribution is -2.35. The minimum Gasteiger partial charge on any atom is -0.396 e. The largest absolute Gasteiger partial charge is 0.396 e. The molecule has 1 aliphatic rings. The number of rotatable bonds is 5. The zero-order valence-corrected chi connectivity index (χ0v) is 11.6. The average Bonchev–Trinajstić information content (AvgIpc) is 2.82. The molecule has 1 fully saturated rings. The highest BCUT2D eigenvalue weighted by molar-refractivity contribution is 5.33. The number of aryl methyl sites for hydroxylation is 2. The van der Waals surface area contributed by atoms with Gasteiger partial charge < -0.3 is 10.4 Å². The first-order valence-electron chi connectivity index (χ1n) is 7.04. The molecule has 18 heavy (non-hydrogen) atoms. The standard InChI is InChI=1S/C16H25NO/c1-13-6-5-7-14(2)15(13)10-17-11-16(12-18)8-3-4-9-16/h5-7,17-18H,3-4,8-12H2,1-2H3. The quantitative estimate of drug-likeness (QED) is 0.838. The number of benzene rings is 1. The van der Waals surface area contributed by atoms with Gasteiger partial charge in [-0.05, 0) is 43.4 Å². The lowest BCUT2D eigenvalue weighted by molar-refractivity contribution is 0.128. The van der Waals surface area contributed by atoms with Gasteiger partial charge in [-0.15, -0.1) is 0 Å². The second-order valence-electron chi connectivity index (χ2n) is 5.84. The molecule has 1 aliphatic carbocycles. The Bertz CT molecular complexity index is 374. The highest BCUT2D eigenvalue weighted by atomic mass is 16.3. The highest BCUT2D eigenvalue weighted by Crippen LogP contribution is 2.36. The van der Waals surface area contributed by atoms with Crippen molar-refractivity contribution in [2.24, 2.45) is 5.41 Å². The predicted molar refractivity (Wildman–Crippen MR) is 75.6 cm³/mol. The summed E-state index contributed by atoms with van der Waals surface area (Å²) in [7, 11) is 0. The monoisotopic (exact) mass is 247 g/mol. The molecule has 2 nitrogen and oxygen atoms in total. The summed E-state index contributed by atoms with van der Waals surface area (Å²) in [5.74, 6) is 0. The van der Waals surface area contributed by atoms with Gasteiger partial charge in [0, 0.05) is 25.1 Å². The molecule has 2 N–H and O–H groups in total. The van der Waals surface area contributed by atoms with Crippen molar-refractivity contribution in [3.05, 3.63) is 34.9 Å². The van der Waals surface area contributed by atoms with Crippen molar-refractivity contribution in [1.29, 1.82) is 0 Å². The summed E-state index contributed by atoms with van der Waals surface area (Å²) >= 11 is 0. The molecule has 0 aliphatic heterocycles. The summed E-state index contributed by atoms with van der Waals surface area (Å²) in [5.41, 5.74) is 4.26. The number of nitrogens with one attached hydrogen (secondary N) is 1.